The Bertz CT molecular complexity index is 1470. The summed E-state index contributed by atoms with van der Waals surface area (Å²) in [6.45, 7) is 3.11. The molecule has 2 aromatic carbocycles. The minimum atomic E-state index is -1.12. The molecule has 0 fully saturated rings. The van der Waals surface area contributed by atoms with Crippen molar-refractivity contribution in [2.24, 2.45) is 0 Å². The molecule has 9 heteroatoms. The van der Waals surface area contributed by atoms with Crippen molar-refractivity contribution >= 4 is 56.3 Å². The van der Waals surface area contributed by atoms with Gasteiger partial charge in [0.2, 0.25) is 11.8 Å². The van der Waals surface area contributed by atoms with Crippen molar-refractivity contribution in [1.29, 1.82) is 0 Å². The molecule has 2 aromatic heterocycles. The molecule has 1 N–H and O–H groups in total. The summed E-state index contributed by atoms with van der Waals surface area (Å²) in [5, 5.41) is 5.77. The highest BCUT2D eigenvalue weighted by Crippen LogP contribution is 2.37. The van der Waals surface area contributed by atoms with Crippen molar-refractivity contribution in [1.82, 2.24) is 9.55 Å². The van der Waals surface area contributed by atoms with E-state index in [0.717, 1.165) is 11.1 Å². The molecular weight excluding hydrogens is 460 g/mol. The molecule has 0 saturated heterocycles. The number of benzene rings is 2. The van der Waals surface area contributed by atoms with E-state index in [2.05, 4.69) is 10.3 Å². The van der Waals surface area contributed by atoms with Crippen molar-refractivity contribution in [2.75, 3.05) is 10.2 Å². The number of nitrogens with one attached hydrogen (secondary N) is 1. The summed E-state index contributed by atoms with van der Waals surface area (Å²) in [5.74, 6) is -0.674. The van der Waals surface area contributed by atoms with Crippen LogP contribution >= 0.6 is 22.9 Å². The van der Waals surface area contributed by atoms with Gasteiger partial charge in [0.05, 0.1) is 23.1 Å². The van der Waals surface area contributed by atoms with Gasteiger partial charge in [0, 0.05) is 16.0 Å². The Morgan fingerprint density at radius 3 is 2.61 bits per heavy atom. The first-order valence-corrected chi connectivity index (χ1v) is 11.5. The van der Waals surface area contributed by atoms with Gasteiger partial charge in [0.1, 0.15) is 16.9 Å². The fourth-order valence-electron chi connectivity index (χ4n) is 4.04. The number of anilines is 2. The Balaban J connectivity index is 1.56. The summed E-state index contributed by atoms with van der Waals surface area (Å²) in [6, 6.07) is 14.3. The largest absolute Gasteiger partial charge is 0.322 e. The van der Waals surface area contributed by atoms with Gasteiger partial charge in [-0.1, -0.05) is 35.9 Å². The summed E-state index contributed by atoms with van der Waals surface area (Å²) in [4.78, 5) is 46.0. The number of hydrogen-bond acceptors (Lipinski definition) is 5. The van der Waals surface area contributed by atoms with Crippen molar-refractivity contribution in [3.63, 3.8) is 0 Å². The number of rotatable bonds is 3. The molecule has 0 spiro atoms. The number of carbonyl (C=O) groups is 2. The van der Waals surface area contributed by atoms with Crippen LogP contribution in [0, 0.1) is 0 Å². The minimum absolute atomic E-state index is 0.247. The highest BCUT2D eigenvalue weighted by molar-refractivity contribution is 7.17. The molecule has 2 amide bonds. The van der Waals surface area contributed by atoms with Gasteiger partial charge in [0.25, 0.3) is 5.56 Å². The van der Waals surface area contributed by atoms with Crippen LogP contribution in [0.4, 0.5) is 11.4 Å². The second-order valence-corrected chi connectivity index (χ2v) is 9.57. The molecule has 0 radical (unpaired) electrons. The monoisotopic (exact) mass is 478 g/mol. The number of para-hydroxylation sites is 2. The van der Waals surface area contributed by atoms with Crippen LogP contribution in [0.1, 0.15) is 13.8 Å². The molecule has 4 aromatic rings. The number of aromatic nitrogens is 2. The van der Waals surface area contributed by atoms with Crippen molar-refractivity contribution < 1.29 is 9.59 Å². The zero-order valence-electron chi connectivity index (χ0n) is 17.8. The summed E-state index contributed by atoms with van der Waals surface area (Å²) >= 11 is 7.37. The second-order valence-electron chi connectivity index (χ2n) is 8.27. The maximum Gasteiger partial charge on any atom is 0.263 e. The van der Waals surface area contributed by atoms with Gasteiger partial charge in [-0.25, -0.2) is 4.98 Å². The van der Waals surface area contributed by atoms with Crippen molar-refractivity contribution in [2.45, 2.75) is 25.9 Å². The molecule has 1 aliphatic heterocycles. The number of amides is 2. The first kappa shape index (κ1) is 21.4. The third-order valence-corrected chi connectivity index (χ3v) is 6.92. The number of carbonyl (C=O) groups excluding carboxylic acids is 2. The van der Waals surface area contributed by atoms with Gasteiger partial charge < -0.3 is 5.32 Å². The number of nitrogens with zero attached hydrogens (tertiary/aromatic N) is 3. The maximum atomic E-state index is 13.5. The zero-order chi connectivity index (χ0) is 23.3. The van der Waals surface area contributed by atoms with E-state index in [1.165, 1.54) is 27.1 Å². The van der Waals surface area contributed by atoms with Crippen LogP contribution in [-0.4, -0.2) is 26.9 Å². The summed E-state index contributed by atoms with van der Waals surface area (Å²) in [5.41, 5.74) is 1.30. The summed E-state index contributed by atoms with van der Waals surface area (Å²) in [7, 11) is 0. The van der Waals surface area contributed by atoms with Gasteiger partial charge in [-0.05, 0) is 43.7 Å². The van der Waals surface area contributed by atoms with Gasteiger partial charge in [-0.3, -0.25) is 23.9 Å². The highest BCUT2D eigenvalue weighted by Gasteiger charge is 2.43. The smallest absolute Gasteiger partial charge is 0.263 e. The van der Waals surface area contributed by atoms with Crippen LogP contribution in [-0.2, 0) is 16.1 Å². The Morgan fingerprint density at radius 1 is 1.12 bits per heavy atom. The van der Waals surface area contributed by atoms with Crippen LogP contribution < -0.4 is 15.8 Å². The van der Waals surface area contributed by atoms with Crippen LogP contribution in [0.2, 0.25) is 5.02 Å². The predicted octanol–water partition coefficient (Wildman–Crippen LogP) is 4.54. The molecule has 0 bridgehead atoms. The highest BCUT2D eigenvalue weighted by atomic mass is 35.5. The topological polar surface area (TPSA) is 84.3 Å². The minimum Gasteiger partial charge on any atom is -0.322 e. The molecule has 3 heterocycles. The lowest BCUT2D eigenvalue weighted by Gasteiger charge is -2.42. The van der Waals surface area contributed by atoms with Crippen LogP contribution in [0.5, 0.6) is 0 Å². The van der Waals surface area contributed by atoms with Crippen LogP contribution in [0.25, 0.3) is 21.3 Å². The van der Waals surface area contributed by atoms with E-state index >= 15 is 0 Å². The van der Waals surface area contributed by atoms with Crippen LogP contribution in [0.3, 0.4) is 0 Å². The molecule has 0 saturated carbocycles. The fourth-order valence-corrected chi connectivity index (χ4v) is 5.07. The number of halogens is 1. The summed E-state index contributed by atoms with van der Waals surface area (Å²) < 4.78 is 1.29. The lowest BCUT2D eigenvalue weighted by Crippen LogP contribution is -2.59. The van der Waals surface area contributed by atoms with E-state index in [1.807, 2.05) is 17.5 Å². The Kier molecular flexibility index (Phi) is 5.07. The SMILES string of the molecule is CC1(C)C(=O)Nc2ccccc2N1C(=O)Cn1cnc2scc(-c3ccc(Cl)cc3)c2c1=O. The van der Waals surface area contributed by atoms with E-state index in [1.54, 1.807) is 50.2 Å². The third kappa shape index (κ3) is 3.51. The number of hydrogen-bond donors (Lipinski definition) is 1. The second kappa shape index (κ2) is 7.83. The average molecular weight is 479 g/mol. The quantitative estimate of drug-likeness (QED) is 0.468. The number of thiophene rings is 1. The molecule has 7 nitrogen and oxygen atoms in total. The van der Waals surface area contributed by atoms with E-state index in [4.69, 9.17) is 11.6 Å². The Hall–Kier alpha value is -3.49. The lowest BCUT2D eigenvalue weighted by molar-refractivity contribution is -0.126. The van der Waals surface area contributed by atoms with E-state index in [0.29, 0.717) is 26.6 Å². The van der Waals surface area contributed by atoms with Gasteiger partial charge in [-0.15, -0.1) is 11.3 Å². The Morgan fingerprint density at radius 2 is 1.85 bits per heavy atom. The average Bonchev–Trinajstić information content (AvgIpc) is 3.22. The Labute approximate surface area is 198 Å². The molecular formula is C24H19ClN4O3S. The third-order valence-electron chi connectivity index (χ3n) is 5.78. The molecule has 33 heavy (non-hydrogen) atoms. The molecule has 0 atom stereocenters. The van der Waals surface area contributed by atoms with Crippen LogP contribution in [0.15, 0.2) is 65.0 Å². The molecule has 0 unspecified atom stereocenters. The fraction of sp³-hybridized carbons (Fsp3) is 0.167. The molecule has 166 valence electrons. The van der Waals surface area contributed by atoms with Gasteiger partial charge >= 0.3 is 0 Å². The summed E-state index contributed by atoms with van der Waals surface area (Å²) in [6.07, 6.45) is 1.38. The standard InChI is InChI=1S/C24H19ClN4O3S/c1-24(2)23(32)27-17-5-3-4-6-18(17)29(24)19(30)11-28-13-26-21-20(22(28)31)16(12-33-21)14-7-9-15(25)10-8-14/h3-10,12-13H,11H2,1-2H3,(H,27,32). The van der Waals surface area contributed by atoms with Gasteiger partial charge in [0.15, 0.2) is 0 Å². The first-order valence-electron chi connectivity index (χ1n) is 10.2. The normalized spacial score (nSPS) is 14.8. The van der Waals surface area contributed by atoms with Crippen molar-refractivity contribution in [3.8, 4) is 11.1 Å². The zero-order valence-corrected chi connectivity index (χ0v) is 19.4. The predicted molar refractivity (Wildman–Crippen MR) is 131 cm³/mol. The first-order chi connectivity index (χ1) is 15.8. The molecule has 1 aliphatic rings. The number of fused-ring (bicyclic) bond motifs is 2. The maximum absolute atomic E-state index is 13.5. The van der Waals surface area contributed by atoms with E-state index in [9.17, 15) is 14.4 Å². The van der Waals surface area contributed by atoms with Gasteiger partial charge in [-0.2, -0.15) is 0 Å². The molecule has 0 aliphatic carbocycles. The van der Waals surface area contributed by atoms with E-state index in [-0.39, 0.29) is 23.9 Å². The lowest BCUT2D eigenvalue weighted by atomic mass is 9.96. The van der Waals surface area contributed by atoms with Crippen molar-refractivity contribution in [3.05, 3.63) is 75.6 Å². The molecule has 5 rings (SSSR count). The van der Waals surface area contributed by atoms with E-state index < -0.39 is 5.54 Å².